The van der Waals surface area contributed by atoms with Gasteiger partial charge >= 0.3 is 6.18 Å². The van der Waals surface area contributed by atoms with Crippen LogP contribution < -0.4 is 5.73 Å². The van der Waals surface area contributed by atoms with E-state index in [4.69, 9.17) is 22.4 Å². The lowest BCUT2D eigenvalue weighted by Crippen LogP contribution is -2.36. The molecule has 198 valence electrons. The van der Waals surface area contributed by atoms with E-state index in [0.717, 1.165) is 23.3 Å². The number of sulfonamides is 1. The standard InChI is InChI=1S/C26H23ClF3N5O2S/c1-17(31)32-25(34-38(36,37)22-13-9-20(10-14-22)26(28,29)30)35-16-15-23(18-5-3-2-4-6-18)24(33-35)19-7-11-21(27)12-8-19/h2-14,23H,15-16H2,1H3,(H2,31,32,34). The van der Waals surface area contributed by atoms with Crippen molar-refractivity contribution >= 4 is 39.1 Å². The first-order valence-corrected chi connectivity index (χ1v) is 13.3. The fourth-order valence-corrected chi connectivity index (χ4v) is 4.99. The number of guanidine groups is 1. The first-order chi connectivity index (χ1) is 17.9. The number of hydrogen-bond acceptors (Lipinski definition) is 3. The molecule has 1 atom stereocenters. The SMILES string of the molecule is C/C(N)=N\C(=N\S(=O)(=O)c1ccc(C(F)(F)F)cc1)N1CCC(c2ccccc2)C(c2ccc(Cl)cc2)=N1. The molecule has 0 fully saturated rings. The number of nitrogens with two attached hydrogens (primary N) is 1. The van der Waals surface area contributed by atoms with E-state index in [1.54, 1.807) is 12.1 Å². The lowest BCUT2D eigenvalue weighted by molar-refractivity contribution is -0.137. The van der Waals surface area contributed by atoms with Crippen LogP contribution in [-0.4, -0.2) is 37.5 Å². The Morgan fingerprint density at radius 2 is 1.66 bits per heavy atom. The summed E-state index contributed by atoms with van der Waals surface area (Å²) in [5.74, 6) is -0.382. The van der Waals surface area contributed by atoms with Gasteiger partial charge in [-0.15, -0.1) is 4.40 Å². The fourth-order valence-electron chi connectivity index (χ4n) is 3.93. The van der Waals surface area contributed by atoms with E-state index in [9.17, 15) is 21.6 Å². The summed E-state index contributed by atoms with van der Waals surface area (Å²) in [7, 11) is -4.44. The Morgan fingerprint density at radius 3 is 2.24 bits per heavy atom. The summed E-state index contributed by atoms with van der Waals surface area (Å²) < 4.78 is 68.7. The minimum atomic E-state index is -4.60. The minimum Gasteiger partial charge on any atom is -0.387 e. The van der Waals surface area contributed by atoms with Crippen LogP contribution in [-0.2, 0) is 16.2 Å². The molecule has 0 aliphatic carbocycles. The minimum absolute atomic E-state index is 0.0276. The number of aliphatic imine (C=N–C) groups is 1. The van der Waals surface area contributed by atoms with E-state index in [1.165, 1.54) is 11.9 Å². The summed E-state index contributed by atoms with van der Waals surface area (Å²) >= 11 is 6.08. The Bertz CT molecular complexity index is 1480. The van der Waals surface area contributed by atoms with Gasteiger partial charge in [0.2, 0.25) is 0 Å². The highest BCUT2D eigenvalue weighted by molar-refractivity contribution is 7.90. The maximum absolute atomic E-state index is 13.0. The average molecular weight is 562 g/mol. The molecule has 3 aromatic carbocycles. The zero-order valence-electron chi connectivity index (χ0n) is 20.1. The maximum atomic E-state index is 13.0. The lowest BCUT2D eigenvalue weighted by atomic mass is 9.86. The van der Waals surface area contributed by atoms with Gasteiger partial charge < -0.3 is 5.73 Å². The molecule has 1 aliphatic rings. The molecule has 3 aromatic rings. The van der Waals surface area contributed by atoms with E-state index in [2.05, 4.69) is 9.39 Å². The number of benzene rings is 3. The van der Waals surface area contributed by atoms with Gasteiger partial charge in [-0.2, -0.15) is 31.7 Å². The first kappa shape index (κ1) is 27.3. The molecule has 7 nitrogen and oxygen atoms in total. The molecule has 1 heterocycles. The quantitative estimate of drug-likeness (QED) is 0.327. The van der Waals surface area contributed by atoms with Gasteiger partial charge in [0.05, 0.1) is 22.0 Å². The van der Waals surface area contributed by atoms with Gasteiger partial charge in [-0.05, 0) is 60.9 Å². The van der Waals surface area contributed by atoms with Gasteiger partial charge in [0, 0.05) is 17.5 Å². The largest absolute Gasteiger partial charge is 0.416 e. The number of nitrogens with zero attached hydrogens (tertiary/aromatic N) is 4. The van der Waals surface area contributed by atoms with Crippen molar-refractivity contribution in [1.29, 1.82) is 0 Å². The fraction of sp³-hybridized carbons (Fsp3) is 0.192. The van der Waals surface area contributed by atoms with Crippen LogP contribution in [0, 0.1) is 0 Å². The molecule has 0 radical (unpaired) electrons. The van der Waals surface area contributed by atoms with E-state index in [0.29, 0.717) is 29.3 Å². The second-order valence-corrected chi connectivity index (χ2v) is 10.5. The van der Waals surface area contributed by atoms with Crippen LogP contribution in [0.3, 0.4) is 0 Å². The average Bonchev–Trinajstić information content (AvgIpc) is 2.88. The molecule has 0 spiro atoms. The summed E-state index contributed by atoms with van der Waals surface area (Å²) in [4.78, 5) is 3.67. The van der Waals surface area contributed by atoms with Crippen molar-refractivity contribution < 1.29 is 21.6 Å². The highest BCUT2D eigenvalue weighted by atomic mass is 35.5. The van der Waals surface area contributed by atoms with Crippen molar-refractivity contribution in [3.05, 3.63) is 101 Å². The third-order valence-electron chi connectivity index (χ3n) is 5.72. The van der Waals surface area contributed by atoms with Crippen LogP contribution in [0.25, 0.3) is 0 Å². The predicted octanol–water partition coefficient (Wildman–Crippen LogP) is 5.67. The molecule has 38 heavy (non-hydrogen) atoms. The Kier molecular flexibility index (Phi) is 7.89. The monoisotopic (exact) mass is 561 g/mol. The number of alkyl halides is 3. The Hall–Kier alpha value is -3.70. The second kappa shape index (κ2) is 11.0. The molecule has 0 aromatic heterocycles. The van der Waals surface area contributed by atoms with Gasteiger partial charge in [-0.25, -0.2) is 5.01 Å². The Balaban J connectivity index is 1.78. The zero-order valence-corrected chi connectivity index (χ0v) is 21.7. The summed E-state index contributed by atoms with van der Waals surface area (Å²) in [5.41, 5.74) is 7.23. The summed E-state index contributed by atoms with van der Waals surface area (Å²) in [6, 6.07) is 19.9. The summed E-state index contributed by atoms with van der Waals surface area (Å²) in [6.07, 6.45) is -4.06. The van der Waals surface area contributed by atoms with E-state index < -0.39 is 26.7 Å². The summed E-state index contributed by atoms with van der Waals surface area (Å²) in [5, 5.41) is 6.60. The predicted molar refractivity (Wildman–Crippen MR) is 142 cm³/mol. The number of halogens is 4. The smallest absolute Gasteiger partial charge is 0.387 e. The Labute approximate surface area is 223 Å². The molecule has 12 heteroatoms. The molecular formula is C26H23ClF3N5O2S. The van der Waals surface area contributed by atoms with Crippen LogP contribution in [0.2, 0.25) is 5.02 Å². The molecule has 2 N–H and O–H groups in total. The van der Waals surface area contributed by atoms with Gasteiger partial charge in [0.1, 0.15) is 0 Å². The molecule has 4 rings (SSSR count). The highest BCUT2D eigenvalue weighted by Gasteiger charge is 2.32. The van der Waals surface area contributed by atoms with Crippen LogP contribution in [0.5, 0.6) is 0 Å². The zero-order chi connectivity index (χ0) is 27.5. The van der Waals surface area contributed by atoms with Crippen molar-refractivity contribution in [3.8, 4) is 0 Å². The molecule has 1 unspecified atom stereocenters. The number of rotatable bonds is 4. The molecular weight excluding hydrogens is 539 g/mol. The normalized spacial score (nSPS) is 17.3. The van der Waals surface area contributed by atoms with Crippen LogP contribution in [0.4, 0.5) is 13.2 Å². The third kappa shape index (κ3) is 6.40. The molecule has 0 saturated heterocycles. The number of amidine groups is 1. The van der Waals surface area contributed by atoms with E-state index in [-0.39, 0.29) is 24.3 Å². The van der Waals surface area contributed by atoms with Crippen molar-refractivity contribution in [3.63, 3.8) is 0 Å². The van der Waals surface area contributed by atoms with E-state index >= 15 is 0 Å². The van der Waals surface area contributed by atoms with Crippen molar-refractivity contribution in [1.82, 2.24) is 5.01 Å². The van der Waals surface area contributed by atoms with Crippen LogP contribution in [0.1, 0.15) is 36.0 Å². The molecule has 0 bridgehead atoms. The van der Waals surface area contributed by atoms with E-state index in [1.807, 2.05) is 42.5 Å². The third-order valence-corrected chi connectivity index (χ3v) is 7.24. The number of hydrogen-bond donors (Lipinski definition) is 1. The van der Waals surface area contributed by atoms with Crippen LogP contribution in [0.15, 0.2) is 98.2 Å². The maximum Gasteiger partial charge on any atom is 0.416 e. The molecule has 0 saturated carbocycles. The van der Waals surface area contributed by atoms with Gasteiger partial charge in [-0.3, -0.25) is 0 Å². The van der Waals surface area contributed by atoms with Gasteiger partial charge in [0.25, 0.3) is 16.0 Å². The molecule has 1 aliphatic heterocycles. The second-order valence-electron chi connectivity index (χ2n) is 8.51. The first-order valence-electron chi connectivity index (χ1n) is 11.4. The summed E-state index contributed by atoms with van der Waals surface area (Å²) in [6.45, 7) is 1.72. The van der Waals surface area contributed by atoms with Gasteiger partial charge in [-0.1, -0.05) is 54.1 Å². The van der Waals surface area contributed by atoms with Crippen molar-refractivity contribution in [2.24, 2.45) is 20.2 Å². The van der Waals surface area contributed by atoms with Gasteiger partial charge in [0.15, 0.2) is 0 Å². The topological polar surface area (TPSA) is 100 Å². The highest BCUT2D eigenvalue weighted by Crippen LogP contribution is 2.32. The van der Waals surface area contributed by atoms with Crippen molar-refractivity contribution in [2.75, 3.05) is 6.54 Å². The number of hydrazone groups is 1. The van der Waals surface area contributed by atoms with Crippen LogP contribution >= 0.6 is 11.6 Å². The Morgan fingerprint density at radius 1 is 1.03 bits per heavy atom. The molecule has 0 amide bonds. The van der Waals surface area contributed by atoms with Crippen molar-refractivity contribution in [2.45, 2.75) is 30.3 Å². The lowest BCUT2D eigenvalue weighted by Gasteiger charge is -2.30.